The number of likely N-dealkylation sites (tertiary alicyclic amines) is 1. The Bertz CT molecular complexity index is 496. The molecular formula is C16H21NO3S. The summed E-state index contributed by atoms with van der Waals surface area (Å²) in [5, 5.41) is 8.96. The number of thioether (sulfide) groups is 1. The normalized spacial score (nSPS) is 16.1. The number of carboxylic acid groups (broad SMARTS) is 1. The molecule has 5 heteroatoms. The fourth-order valence-electron chi connectivity index (χ4n) is 2.45. The van der Waals surface area contributed by atoms with E-state index in [1.54, 1.807) is 18.2 Å². The zero-order valence-corrected chi connectivity index (χ0v) is 12.9. The van der Waals surface area contributed by atoms with Crippen molar-refractivity contribution in [1.82, 2.24) is 4.90 Å². The third kappa shape index (κ3) is 5.08. The summed E-state index contributed by atoms with van der Waals surface area (Å²) in [6, 6.07) is 6.74. The summed E-state index contributed by atoms with van der Waals surface area (Å²) in [6.07, 6.45) is 5.86. The van der Waals surface area contributed by atoms with E-state index in [2.05, 4.69) is 0 Å². The summed E-state index contributed by atoms with van der Waals surface area (Å²) in [4.78, 5) is 25.9. The number of benzene rings is 1. The Morgan fingerprint density at radius 1 is 1.10 bits per heavy atom. The van der Waals surface area contributed by atoms with E-state index in [1.807, 2.05) is 11.0 Å². The molecule has 0 spiro atoms. The van der Waals surface area contributed by atoms with Gasteiger partial charge in [0.05, 0.1) is 11.3 Å². The van der Waals surface area contributed by atoms with Crippen LogP contribution in [0.3, 0.4) is 0 Å². The van der Waals surface area contributed by atoms with Crippen molar-refractivity contribution < 1.29 is 14.7 Å². The standard InChI is InChI=1S/C16H21NO3S/c18-15(17-9-4-2-1-3-5-10-17)12-21-14-8-6-7-13(11-14)16(19)20/h6-8,11H,1-5,9-10,12H2,(H,19,20). The molecule has 1 aliphatic rings. The average molecular weight is 307 g/mol. The number of carbonyl (C=O) groups excluding carboxylic acids is 1. The van der Waals surface area contributed by atoms with Crippen molar-refractivity contribution in [1.29, 1.82) is 0 Å². The van der Waals surface area contributed by atoms with Crippen LogP contribution in [0.15, 0.2) is 29.2 Å². The van der Waals surface area contributed by atoms with Crippen LogP contribution in [0.4, 0.5) is 0 Å². The van der Waals surface area contributed by atoms with Crippen molar-refractivity contribution in [3.63, 3.8) is 0 Å². The van der Waals surface area contributed by atoms with Crippen LogP contribution >= 0.6 is 11.8 Å². The van der Waals surface area contributed by atoms with Gasteiger partial charge in [0.15, 0.2) is 0 Å². The number of carboxylic acids is 1. The first kappa shape index (κ1) is 15.9. The van der Waals surface area contributed by atoms with Crippen molar-refractivity contribution in [2.75, 3.05) is 18.8 Å². The van der Waals surface area contributed by atoms with Crippen LogP contribution in [0.1, 0.15) is 42.5 Å². The highest BCUT2D eigenvalue weighted by Gasteiger charge is 2.15. The molecule has 0 bridgehead atoms. The van der Waals surface area contributed by atoms with E-state index in [0.717, 1.165) is 30.8 Å². The molecule has 1 amide bonds. The largest absolute Gasteiger partial charge is 0.478 e. The van der Waals surface area contributed by atoms with Crippen molar-refractivity contribution in [3.05, 3.63) is 29.8 Å². The zero-order valence-electron chi connectivity index (χ0n) is 12.1. The first-order valence-corrected chi connectivity index (χ1v) is 8.39. The predicted octanol–water partition coefficient (Wildman–Crippen LogP) is 3.27. The molecule has 1 aromatic rings. The molecule has 1 fully saturated rings. The van der Waals surface area contributed by atoms with Crippen molar-refractivity contribution in [3.8, 4) is 0 Å². The van der Waals surface area contributed by atoms with Gasteiger partial charge in [-0.15, -0.1) is 11.8 Å². The smallest absolute Gasteiger partial charge is 0.335 e. The number of aromatic carboxylic acids is 1. The summed E-state index contributed by atoms with van der Waals surface area (Å²) in [5.41, 5.74) is 0.263. The molecule has 1 N–H and O–H groups in total. The number of nitrogens with zero attached hydrogens (tertiary/aromatic N) is 1. The number of carbonyl (C=O) groups is 2. The van der Waals surface area contributed by atoms with E-state index in [0.29, 0.717) is 5.75 Å². The van der Waals surface area contributed by atoms with Crippen LogP contribution < -0.4 is 0 Å². The second-order valence-electron chi connectivity index (χ2n) is 5.27. The van der Waals surface area contributed by atoms with Gasteiger partial charge in [-0.1, -0.05) is 25.3 Å². The van der Waals surface area contributed by atoms with Crippen LogP contribution in [0.25, 0.3) is 0 Å². The Morgan fingerprint density at radius 2 is 1.76 bits per heavy atom. The molecule has 2 rings (SSSR count). The second kappa shape index (κ2) is 8.08. The maximum atomic E-state index is 12.2. The van der Waals surface area contributed by atoms with Gasteiger partial charge >= 0.3 is 5.97 Å². The molecule has 1 heterocycles. The molecule has 0 radical (unpaired) electrons. The second-order valence-corrected chi connectivity index (χ2v) is 6.32. The van der Waals surface area contributed by atoms with Crippen LogP contribution in [-0.2, 0) is 4.79 Å². The van der Waals surface area contributed by atoms with Crippen molar-refractivity contribution in [2.24, 2.45) is 0 Å². The van der Waals surface area contributed by atoms with E-state index in [4.69, 9.17) is 5.11 Å². The fraction of sp³-hybridized carbons (Fsp3) is 0.500. The van der Waals surface area contributed by atoms with E-state index < -0.39 is 5.97 Å². The molecular weight excluding hydrogens is 286 g/mol. The molecule has 0 saturated carbocycles. The molecule has 4 nitrogen and oxygen atoms in total. The van der Waals surface area contributed by atoms with E-state index in [9.17, 15) is 9.59 Å². The summed E-state index contributed by atoms with van der Waals surface area (Å²) in [7, 11) is 0. The topological polar surface area (TPSA) is 57.6 Å². The van der Waals surface area contributed by atoms with E-state index >= 15 is 0 Å². The van der Waals surface area contributed by atoms with Gasteiger partial charge in [0.25, 0.3) is 0 Å². The minimum atomic E-state index is -0.937. The quantitative estimate of drug-likeness (QED) is 0.867. The molecule has 1 saturated heterocycles. The summed E-state index contributed by atoms with van der Waals surface area (Å²) in [5.74, 6) is -0.404. The summed E-state index contributed by atoms with van der Waals surface area (Å²) in [6.45, 7) is 1.71. The molecule has 0 atom stereocenters. The Labute approximate surface area is 129 Å². The number of hydrogen-bond acceptors (Lipinski definition) is 3. The Kier molecular flexibility index (Phi) is 6.11. The lowest BCUT2D eigenvalue weighted by molar-refractivity contribution is -0.128. The molecule has 114 valence electrons. The zero-order chi connectivity index (χ0) is 15.1. The lowest BCUT2D eigenvalue weighted by atomic mass is 10.1. The first-order chi connectivity index (χ1) is 10.2. The van der Waals surface area contributed by atoms with Gasteiger partial charge in [0, 0.05) is 18.0 Å². The van der Waals surface area contributed by atoms with Gasteiger partial charge in [0.2, 0.25) is 5.91 Å². The minimum Gasteiger partial charge on any atom is -0.478 e. The lowest BCUT2D eigenvalue weighted by Gasteiger charge is -2.24. The molecule has 0 aliphatic carbocycles. The van der Waals surface area contributed by atoms with E-state index in [-0.39, 0.29) is 11.5 Å². The van der Waals surface area contributed by atoms with Crippen LogP contribution in [-0.4, -0.2) is 40.7 Å². The van der Waals surface area contributed by atoms with Gasteiger partial charge in [-0.25, -0.2) is 4.79 Å². The lowest BCUT2D eigenvalue weighted by Crippen LogP contribution is -2.35. The SMILES string of the molecule is O=C(O)c1cccc(SCC(=O)N2CCCCCCC2)c1. The molecule has 0 aromatic heterocycles. The van der Waals surface area contributed by atoms with Gasteiger partial charge < -0.3 is 10.0 Å². The van der Waals surface area contributed by atoms with Crippen LogP contribution in [0.5, 0.6) is 0 Å². The number of hydrogen-bond donors (Lipinski definition) is 1. The maximum Gasteiger partial charge on any atom is 0.335 e. The fourth-order valence-corrected chi connectivity index (χ4v) is 3.31. The van der Waals surface area contributed by atoms with Crippen LogP contribution in [0.2, 0.25) is 0 Å². The van der Waals surface area contributed by atoms with Crippen LogP contribution in [0, 0.1) is 0 Å². The Hall–Kier alpha value is -1.49. The van der Waals surface area contributed by atoms with Crippen molar-refractivity contribution in [2.45, 2.75) is 37.0 Å². The van der Waals surface area contributed by atoms with Gasteiger partial charge in [-0.3, -0.25) is 4.79 Å². The highest BCUT2D eigenvalue weighted by molar-refractivity contribution is 8.00. The molecule has 0 unspecified atom stereocenters. The summed E-state index contributed by atoms with van der Waals surface area (Å²) < 4.78 is 0. The third-order valence-corrected chi connectivity index (χ3v) is 4.63. The van der Waals surface area contributed by atoms with Gasteiger partial charge in [0.1, 0.15) is 0 Å². The molecule has 1 aromatic carbocycles. The monoisotopic (exact) mass is 307 g/mol. The Balaban J connectivity index is 1.87. The highest BCUT2D eigenvalue weighted by Crippen LogP contribution is 2.20. The predicted molar refractivity (Wildman–Crippen MR) is 83.8 cm³/mol. The minimum absolute atomic E-state index is 0.155. The Morgan fingerprint density at radius 3 is 2.43 bits per heavy atom. The first-order valence-electron chi connectivity index (χ1n) is 7.41. The average Bonchev–Trinajstić information content (AvgIpc) is 2.44. The number of rotatable bonds is 4. The van der Waals surface area contributed by atoms with Crippen molar-refractivity contribution >= 4 is 23.6 Å². The van der Waals surface area contributed by atoms with Gasteiger partial charge in [-0.2, -0.15) is 0 Å². The maximum absolute atomic E-state index is 12.2. The van der Waals surface area contributed by atoms with E-state index in [1.165, 1.54) is 31.0 Å². The van der Waals surface area contributed by atoms with Gasteiger partial charge in [-0.05, 0) is 31.0 Å². The molecule has 1 aliphatic heterocycles. The highest BCUT2D eigenvalue weighted by atomic mass is 32.2. The third-order valence-electron chi connectivity index (χ3n) is 3.65. The number of amides is 1. The summed E-state index contributed by atoms with van der Waals surface area (Å²) >= 11 is 1.41. The molecule has 21 heavy (non-hydrogen) atoms.